The van der Waals surface area contributed by atoms with Gasteiger partial charge in [-0.2, -0.15) is 13.2 Å². The van der Waals surface area contributed by atoms with Crippen LogP contribution in [0.5, 0.6) is 0 Å². The first-order chi connectivity index (χ1) is 14.3. The van der Waals surface area contributed by atoms with Crippen LogP contribution in [-0.2, 0) is 15.8 Å². The number of alkyl halides is 3. The van der Waals surface area contributed by atoms with E-state index >= 15 is 0 Å². The van der Waals surface area contributed by atoms with E-state index < -0.39 is 22.6 Å². The van der Waals surface area contributed by atoms with Crippen LogP contribution in [0.15, 0.2) is 47.6 Å². The molecule has 0 unspecified atom stereocenters. The zero-order chi connectivity index (χ0) is 21.7. The second-order valence-corrected chi connectivity index (χ2v) is 6.30. The van der Waals surface area contributed by atoms with E-state index in [4.69, 9.17) is 4.74 Å². The normalized spacial score (nSPS) is 14.7. The molecule has 1 fully saturated rings. The monoisotopic (exact) mass is 423 g/mol. The van der Waals surface area contributed by atoms with Gasteiger partial charge in [0, 0.05) is 24.7 Å². The number of anilines is 1. The summed E-state index contributed by atoms with van der Waals surface area (Å²) in [4.78, 5) is 29.3. The van der Waals surface area contributed by atoms with Crippen LogP contribution in [0.3, 0.4) is 0 Å². The Morgan fingerprint density at radius 2 is 1.93 bits per heavy atom. The first-order valence-corrected chi connectivity index (χ1v) is 8.79. The summed E-state index contributed by atoms with van der Waals surface area (Å²) in [5.74, 6) is -1.09. The molecule has 0 saturated carbocycles. The lowest BCUT2D eigenvalue weighted by Gasteiger charge is -2.28. The lowest BCUT2D eigenvalue weighted by Crippen LogP contribution is -2.36. The number of nitrogens with zero attached hydrogens (tertiary/aromatic N) is 3. The topological polar surface area (TPSA) is 94.3 Å². The molecule has 0 radical (unpaired) electrons. The van der Waals surface area contributed by atoms with Crippen molar-refractivity contribution >= 4 is 23.6 Å². The van der Waals surface area contributed by atoms with Crippen LogP contribution >= 0.6 is 0 Å². The van der Waals surface area contributed by atoms with Crippen molar-refractivity contribution in [2.24, 2.45) is 5.16 Å². The Kier molecular flexibility index (Phi) is 6.31. The summed E-state index contributed by atoms with van der Waals surface area (Å²) in [6.07, 6.45) is -3.53. The van der Waals surface area contributed by atoms with Crippen molar-refractivity contribution in [3.63, 3.8) is 0 Å². The predicted molar refractivity (Wildman–Crippen MR) is 101 cm³/mol. The fourth-order valence-electron chi connectivity index (χ4n) is 2.85. The summed E-state index contributed by atoms with van der Waals surface area (Å²) in [5, 5.41) is 14.9. The van der Waals surface area contributed by atoms with E-state index in [2.05, 4.69) is 9.99 Å². The number of rotatable bonds is 5. The highest BCUT2D eigenvalue weighted by molar-refractivity contribution is 5.90. The average Bonchev–Trinajstić information content (AvgIpc) is 2.73. The zero-order valence-electron chi connectivity index (χ0n) is 15.5. The maximum absolute atomic E-state index is 12.7. The summed E-state index contributed by atoms with van der Waals surface area (Å²) >= 11 is 0. The highest BCUT2D eigenvalue weighted by atomic mass is 19.4. The molecule has 30 heavy (non-hydrogen) atoms. The number of halogens is 3. The molecule has 2 aromatic rings. The molecule has 1 saturated heterocycles. The summed E-state index contributed by atoms with van der Waals surface area (Å²) < 4.78 is 43.4. The van der Waals surface area contributed by atoms with Crippen molar-refractivity contribution in [1.82, 2.24) is 0 Å². The third kappa shape index (κ3) is 5.11. The second kappa shape index (κ2) is 8.91. The van der Waals surface area contributed by atoms with Gasteiger partial charge in [0.05, 0.1) is 35.5 Å². The highest BCUT2D eigenvalue weighted by Crippen LogP contribution is 2.30. The summed E-state index contributed by atoms with van der Waals surface area (Å²) in [5.41, 5.74) is -0.743. The molecule has 8 nitrogen and oxygen atoms in total. The van der Waals surface area contributed by atoms with Gasteiger partial charge in [0.25, 0.3) is 5.69 Å². The fourth-order valence-corrected chi connectivity index (χ4v) is 2.85. The smallest absolute Gasteiger partial charge is 0.378 e. The van der Waals surface area contributed by atoms with Gasteiger partial charge >= 0.3 is 12.1 Å². The van der Waals surface area contributed by atoms with Crippen LogP contribution in [0.2, 0.25) is 0 Å². The number of carbonyl (C=O) groups is 1. The second-order valence-electron chi connectivity index (χ2n) is 6.30. The van der Waals surface area contributed by atoms with Gasteiger partial charge in [0.1, 0.15) is 5.69 Å². The van der Waals surface area contributed by atoms with E-state index in [-0.39, 0.29) is 16.8 Å². The van der Waals surface area contributed by atoms with Crippen molar-refractivity contribution in [1.29, 1.82) is 0 Å². The van der Waals surface area contributed by atoms with Gasteiger partial charge in [-0.1, -0.05) is 17.3 Å². The molecule has 1 aliphatic heterocycles. The van der Waals surface area contributed by atoms with Crippen LogP contribution in [0, 0.1) is 10.1 Å². The molecule has 3 rings (SSSR count). The Morgan fingerprint density at radius 1 is 1.20 bits per heavy atom. The number of benzene rings is 2. The first kappa shape index (κ1) is 21.2. The van der Waals surface area contributed by atoms with Gasteiger partial charge in [-0.15, -0.1) is 0 Å². The summed E-state index contributed by atoms with van der Waals surface area (Å²) in [6.45, 7) is 1.96. The highest BCUT2D eigenvalue weighted by Gasteiger charge is 2.31. The summed E-state index contributed by atoms with van der Waals surface area (Å²) in [6, 6.07) is 8.10. The quantitative estimate of drug-likeness (QED) is 0.315. The molecule has 0 aromatic heterocycles. The molecule has 2 aromatic carbocycles. The van der Waals surface area contributed by atoms with E-state index in [1.54, 1.807) is 12.1 Å². The van der Waals surface area contributed by atoms with Gasteiger partial charge in [-0.3, -0.25) is 10.1 Å². The van der Waals surface area contributed by atoms with E-state index in [1.807, 2.05) is 4.90 Å². The number of morpholine rings is 1. The van der Waals surface area contributed by atoms with E-state index in [0.29, 0.717) is 38.1 Å². The molecular formula is C19H16F3N3O5. The minimum absolute atomic E-state index is 0.148. The maximum atomic E-state index is 12.7. The van der Waals surface area contributed by atoms with Crippen LogP contribution < -0.4 is 4.90 Å². The Morgan fingerprint density at radius 3 is 2.60 bits per heavy atom. The number of hydrogen-bond acceptors (Lipinski definition) is 7. The molecule has 0 atom stereocenters. The Bertz CT molecular complexity index is 972. The standard InChI is InChI=1S/C19H16F3N3O5/c20-19(21,22)15-3-1-2-14(11-15)18(26)30-23-12-13-4-5-16(17(10-13)25(27)28)24-6-8-29-9-7-24/h1-5,10-12H,6-9H2. The number of carbonyl (C=O) groups excluding carboxylic acids is 1. The average molecular weight is 423 g/mol. The van der Waals surface area contributed by atoms with E-state index in [0.717, 1.165) is 24.4 Å². The molecule has 11 heteroatoms. The van der Waals surface area contributed by atoms with Gasteiger partial charge in [0.15, 0.2) is 0 Å². The molecule has 0 spiro atoms. The van der Waals surface area contributed by atoms with Crippen molar-refractivity contribution in [2.45, 2.75) is 6.18 Å². The van der Waals surface area contributed by atoms with Crippen molar-refractivity contribution in [3.8, 4) is 0 Å². The number of nitro groups is 1. The maximum Gasteiger partial charge on any atom is 0.416 e. The Balaban J connectivity index is 1.72. The number of nitro benzene ring substituents is 1. The van der Waals surface area contributed by atoms with Gasteiger partial charge in [-0.25, -0.2) is 4.79 Å². The molecule has 1 aliphatic rings. The van der Waals surface area contributed by atoms with Crippen LogP contribution in [0.1, 0.15) is 21.5 Å². The minimum atomic E-state index is -4.60. The van der Waals surface area contributed by atoms with Crippen molar-refractivity contribution in [3.05, 3.63) is 69.3 Å². The summed E-state index contributed by atoms with van der Waals surface area (Å²) in [7, 11) is 0. The lowest BCUT2D eigenvalue weighted by molar-refractivity contribution is -0.384. The van der Waals surface area contributed by atoms with Crippen LogP contribution in [0.4, 0.5) is 24.5 Å². The van der Waals surface area contributed by atoms with Gasteiger partial charge in [-0.05, 0) is 24.3 Å². The molecule has 1 heterocycles. The number of ether oxygens (including phenoxy) is 1. The number of oxime groups is 1. The van der Waals surface area contributed by atoms with Gasteiger partial charge < -0.3 is 14.5 Å². The fraction of sp³-hybridized carbons (Fsp3) is 0.263. The first-order valence-electron chi connectivity index (χ1n) is 8.79. The molecule has 0 amide bonds. The van der Waals surface area contributed by atoms with Gasteiger partial charge in [0.2, 0.25) is 0 Å². The predicted octanol–water partition coefficient (Wildman–Crippen LogP) is 3.64. The van der Waals surface area contributed by atoms with Crippen molar-refractivity contribution in [2.75, 3.05) is 31.2 Å². The van der Waals surface area contributed by atoms with Crippen LogP contribution in [0.25, 0.3) is 0 Å². The SMILES string of the molecule is O=C(ON=Cc1ccc(N2CCOCC2)c([N+](=O)[O-])c1)c1cccc(C(F)(F)F)c1. The van der Waals surface area contributed by atoms with Crippen molar-refractivity contribution < 1.29 is 32.5 Å². The molecule has 0 bridgehead atoms. The minimum Gasteiger partial charge on any atom is -0.378 e. The third-order valence-electron chi connectivity index (χ3n) is 4.31. The van der Waals surface area contributed by atoms with Crippen LogP contribution in [-0.4, -0.2) is 43.4 Å². The Hall–Kier alpha value is -3.47. The molecule has 0 N–H and O–H groups in total. The largest absolute Gasteiger partial charge is 0.416 e. The zero-order valence-corrected chi connectivity index (χ0v) is 15.5. The lowest BCUT2D eigenvalue weighted by atomic mass is 10.1. The third-order valence-corrected chi connectivity index (χ3v) is 4.31. The van der Waals surface area contributed by atoms with E-state index in [1.165, 1.54) is 6.07 Å². The Labute approximate surface area is 168 Å². The molecule has 0 aliphatic carbocycles. The molecule has 158 valence electrons. The van der Waals surface area contributed by atoms with E-state index in [9.17, 15) is 28.1 Å². The molecular weight excluding hydrogens is 407 g/mol. The number of hydrogen-bond donors (Lipinski definition) is 0.